The van der Waals surface area contributed by atoms with Gasteiger partial charge >= 0.3 is 0 Å². The zero-order chi connectivity index (χ0) is 19.3. The molecule has 0 bridgehead atoms. The largest absolute Gasteiger partial charge is 0.379 e. The fourth-order valence-corrected chi connectivity index (χ4v) is 3.52. The SMILES string of the molecule is Cc1nc2cccnc2n1-c1ccc(CC(=O)NCCN2CCOCC2)cc1. The van der Waals surface area contributed by atoms with E-state index in [1.807, 2.05) is 47.9 Å². The van der Waals surface area contributed by atoms with Crippen molar-refractivity contribution in [2.45, 2.75) is 13.3 Å². The van der Waals surface area contributed by atoms with Gasteiger partial charge < -0.3 is 10.1 Å². The van der Waals surface area contributed by atoms with Crippen LogP contribution in [0.3, 0.4) is 0 Å². The number of hydrogen-bond donors (Lipinski definition) is 1. The molecule has 1 amide bonds. The van der Waals surface area contributed by atoms with Gasteiger partial charge in [0, 0.05) is 38.1 Å². The van der Waals surface area contributed by atoms with Crippen molar-refractivity contribution in [2.24, 2.45) is 0 Å². The van der Waals surface area contributed by atoms with Crippen molar-refractivity contribution in [1.29, 1.82) is 0 Å². The van der Waals surface area contributed by atoms with Crippen molar-refractivity contribution in [2.75, 3.05) is 39.4 Å². The van der Waals surface area contributed by atoms with E-state index in [-0.39, 0.29) is 5.91 Å². The Hall–Kier alpha value is -2.77. The summed E-state index contributed by atoms with van der Waals surface area (Å²) in [5.74, 6) is 0.939. The maximum Gasteiger partial charge on any atom is 0.224 e. The Morgan fingerprint density at radius 1 is 1.18 bits per heavy atom. The maximum atomic E-state index is 12.2. The summed E-state index contributed by atoms with van der Waals surface area (Å²) in [6.45, 7) is 6.94. The molecule has 1 aromatic carbocycles. The van der Waals surface area contributed by atoms with Crippen molar-refractivity contribution in [3.63, 3.8) is 0 Å². The van der Waals surface area contributed by atoms with E-state index in [2.05, 4.69) is 20.2 Å². The molecule has 0 atom stereocenters. The lowest BCUT2D eigenvalue weighted by atomic mass is 10.1. The van der Waals surface area contributed by atoms with Crippen molar-refractivity contribution in [3.8, 4) is 5.69 Å². The molecule has 2 aromatic heterocycles. The first-order valence-electron chi connectivity index (χ1n) is 9.67. The van der Waals surface area contributed by atoms with Crippen LogP contribution >= 0.6 is 0 Å². The molecular weight excluding hydrogens is 354 g/mol. The lowest BCUT2D eigenvalue weighted by Gasteiger charge is -2.26. The Bertz CT molecular complexity index is 945. The number of fused-ring (bicyclic) bond motifs is 1. The highest BCUT2D eigenvalue weighted by atomic mass is 16.5. The average molecular weight is 379 g/mol. The average Bonchev–Trinajstić information content (AvgIpc) is 3.05. The number of morpholine rings is 1. The minimum atomic E-state index is 0.0481. The second-order valence-electron chi connectivity index (χ2n) is 6.99. The van der Waals surface area contributed by atoms with E-state index in [1.165, 1.54) is 0 Å². The Labute approximate surface area is 164 Å². The summed E-state index contributed by atoms with van der Waals surface area (Å²) in [5.41, 5.74) is 3.70. The fraction of sp³-hybridized carbons (Fsp3) is 0.381. The van der Waals surface area contributed by atoms with Crippen LogP contribution in [-0.4, -0.2) is 64.7 Å². The molecule has 1 N–H and O–H groups in total. The molecule has 7 heteroatoms. The summed E-state index contributed by atoms with van der Waals surface area (Å²) in [7, 11) is 0. The topological polar surface area (TPSA) is 72.3 Å². The summed E-state index contributed by atoms with van der Waals surface area (Å²) in [5, 5.41) is 3.01. The van der Waals surface area contributed by atoms with Crippen LogP contribution in [0.4, 0.5) is 0 Å². The summed E-state index contributed by atoms with van der Waals surface area (Å²) in [6, 6.07) is 11.9. The number of hydrogen-bond acceptors (Lipinski definition) is 5. The van der Waals surface area contributed by atoms with Gasteiger partial charge in [-0.25, -0.2) is 9.97 Å². The smallest absolute Gasteiger partial charge is 0.224 e. The molecule has 0 aliphatic carbocycles. The molecule has 28 heavy (non-hydrogen) atoms. The molecule has 7 nitrogen and oxygen atoms in total. The zero-order valence-electron chi connectivity index (χ0n) is 16.1. The van der Waals surface area contributed by atoms with E-state index in [0.717, 1.165) is 61.1 Å². The second kappa shape index (κ2) is 8.50. The normalized spacial score (nSPS) is 15.0. The molecule has 1 aliphatic rings. The molecular formula is C21H25N5O2. The van der Waals surface area contributed by atoms with Crippen molar-refractivity contribution in [1.82, 2.24) is 24.8 Å². The number of aryl methyl sites for hydroxylation is 1. The summed E-state index contributed by atoms with van der Waals surface area (Å²) in [6.07, 6.45) is 2.15. The molecule has 1 aliphatic heterocycles. The molecule has 1 fully saturated rings. The maximum absolute atomic E-state index is 12.2. The third kappa shape index (κ3) is 4.21. The van der Waals surface area contributed by atoms with Crippen molar-refractivity contribution < 1.29 is 9.53 Å². The first-order valence-corrected chi connectivity index (χ1v) is 9.67. The Kier molecular flexibility index (Phi) is 5.64. The number of amides is 1. The third-order valence-corrected chi connectivity index (χ3v) is 5.00. The van der Waals surface area contributed by atoms with Crippen molar-refractivity contribution in [3.05, 3.63) is 54.0 Å². The number of carbonyl (C=O) groups is 1. The van der Waals surface area contributed by atoms with E-state index < -0.39 is 0 Å². The number of carbonyl (C=O) groups excluding carboxylic acids is 1. The Morgan fingerprint density at radius 2 is 1.96 bits per heavy atom. The van der Waals surface area contributed by atoms with Gasteiger partial charge in [0.2, 0.25) is 5.91 Å². The van der Waals surface area contributed by atoms with Crippen LogP contribution in [0.1, 0.15) is 11.4 Å². The number of benzene rings is 1. The molecule has 0 spiro atoms. The number of pyridine rings is 1. The standard InChI is InChI=1S/C21H25N5O2/c1-16-24-19-3-2-8-23-21(19)26(16)18-6-4-17(5-7-18)15-20(27)22-9-10-25-11-13-28-14-12-25/h2-8H,9-15H2,1H3,(H,22,27). The summed E-state index contributed by atoms with van der Waals surface area (Å²) >= 11 is 0. The molecule has 0 unspecified atom stereocenters. The van der Waals surface area contributed by atoms with Gasteiger partial charge in [0.1, 0.15) is 11.3 Å². The van der Waals surface area contributed by atoms with Gasteiger partial charge in [0.25, 0.3) is 0 Å². The van der Waals surface area contributed by atoms with Crippen LogP contribution < -0.4 is 5.32 Å². The molecule has 0 saturated carbocycles. The van der Waals surface area contributed by atoms with Gasteiger partial charge in [0.05, 0.1) is 19.6 Å². The first-order chi connectivity index (χ1) is 13.7. The van der Waals surface area contributed by atoms with Gasteiger partial charge in [-0.1, -0.05) is 12.1 Å². The van der Waals surface area contributed by atoms with Crippen molar-refractivity contribution >= 4 is 17.1 Å². The van der Waals surface area contributed by atoms with Gasteiger partial charge in [-0.05, 0) is 36.8 Å². The number of imidazole rings is 1. The van der Waals surface area contributed by atoms with Crippen LogP contribution in [0.25, 0.3) is 16.9 Å². The number of rotatable bonds is 6. The highest BCUT2D eigenvalue weighted by Gasteiger charge is 2.12. The van der Waals surface area contributed by atoms with Crippen LogP contribution in [-0.2, 0) is 16.0 Å². The minimum Gasteiger partial charge on any atom is -0.379 e. The molecule has 0 radical (unpaired) electrons. The van der Waals surface area contributed by atoms with Gasteiger partial charge in [-0.15, -0.1) is 0 Å². The van der Waals surface area contributed by atoms with Gasteiger partial charge in [-0.2, -0.15) is 0 Å². The first kappa shape index (κ1) is 18.6. The monoisotopic (exact) mass is 379 g/mol. The number of aromatic nitrogens is 3. The summed E-state index contributed by atoms with van der Waals surface area (Å²) in [4.78, 5) is 23.5. The van der Waals surface area contributed by atoms with Crippen LogP contribution in [0.2, 0.25) is 0 Å². The van der Waals surface area contributed by atoms with Crippen LogP contribution in [0, 0.1) is 6.92 Å². The Balaban J connectivity index is 1.35. The second-order valence-corrected chi connectivity index (χ2v) is 6.99. The quantitative estimate of drug-likeness (QED) is 0.706. The molecule has 146 valence electrons. The lowest BCUT2D eigenvalue weighted by molar-refractivity contribution is -0.120. The van der Waals surface area contributed by atoms with Crippen LogP contribution in [0.5, 0.6) is 0 Å². The van der Waals surface area contributed by atoms with E-state index in [4.69, 9.17) is 4.74 Å². The van der Waals surface area contributed by atoms with E-state index in [0.29, 0.717) is 13.0 Å². The number of nitrogens with zero attached hydrogens (tertiary/aromatic N) is 4. The van der Waals surface area contributed by atoms with Gasteiger partial charge in [-0.3, -0.25) is 14.3 Å². The highest BCUT2D eigenvalue weighted by molar-refractivity contribution is 5.78. The number of nitrogens with one attached hydrogen (secondary N) is 1. The van der Waals surface area contributed by atoms with Gasteiger partial charge in [0.15, 0.2) is 5.65 Å². The summed E-state index contributed by atoms with van der Waals surface area (Å²) < 4.78 is 7.36. The van der Waals surface area contributed by atoms with E-state index in [9.17, 15) is 4.79 Å². The predicted octanol–water partition coefficient (Wildman–Crippen LogP) is 1.72. The molecule has 3 heterocycles. The Morgan fingerprint density at radius 3 is 2.75 bits per heavy atom. The highest BCUT2D eigenvalue weighted by Crippen LogP contribution is 2.19. The zero-order valence-corrected chi connectivity index (χ0v) is 16.1. The molecule has 1 saturated heterocycles. The number of ether oxygens (including phenoxy) is 1. The molecule has 3 aromatic rings. The fourth-order valence-electron chi connectivity index (χ4n) is 3.52. The minimum absolute atomic E-state index is 0.0481. The molecule has 4 rings (SSSR count). The van der Waals surface area contributed by atoms with E-state index in [1.54, 1.807) is 6.20 Å². The predicted molar refractivity (Wildman–Crippen MR) is 108 cm³/mol. The van der Waals surface area contributed by atoms with E-state index >= 15 is 0 Å². The van der Waals surface area contributed by atoms with Crippen LogP contribution in [0.15, 0.2) is 42.6 Å². The third-order valence-electron chi connectivity index (χ3n) is 5.00. The lowest BCUT2D eigenvalue weighted by Crippen LogP contribution is -2.41.